The Hall–Kier alpha value is -2.98. The standard InChI is InChI=1S/C24H18BrN3/c1-15-13-20-21(14-16(15)2)27-24(23(26-20)17-7-4-3-5-8-17)28-12-11-18-19(25)9-6-10-22(18)28/h3-14H,1-2H3. The quantitative estimate of drug-likeness (QED) is 0.316. The summed E-state index contributed by atoms with van der Waals surface area (Å²) in [4.78, 5) is 10.1. The van der Waals surface area contributed by atoms with Crippen molar-refractivity contribution in [3.05, 3.63) is 88.5 Å². The van der Waals surface area contributed by atoms with Gasteiger partial charge in [-0.1, -0.05) is 52.3 Å². The summed E-state index contributed by atoms with van der Waals surface area (Å²) in [5.74, 6) is 0.843. The molecule has 0 amide bonds. The number of benzene rings is 3. The molecule has 3 nitrogen and oxygen atoms in total. The van der Waals surface area contributed by atoms with Crippen LogP contribution in [-0.2, 0) is 0 Å². The molecule has 0 radical (unpaired) electrons. The molecular formula is C24H18BrN3. The van der Waals surface area contributed by atoms with Crippen molar-refractivity contribution in [3.63, 3.8) is 0 Å². The number of hydrogen-bond acceptors (Lipinski definition) is 2. The number of hydrogen-bond donors (Lipinski definition) is 0. The van der Waals surface area contributed by atoms with Gasteiger partial charge in [0.15, 0.2) is 5.82 Å². The van der Waals surface area contributed by atoms with Crippen LogP contribution >= 0.6 is 15.9 Å². The van der Waals surface area contributed by atoms with E-state index in [9.17, 15) is 0 Å². The Morgan fingerprint density at radius 2 is 1.50 bits per heavy atom. The number of fused-ring (bicyclic) bond motifs is 2. The van der Waals surface area contributed by atoms with Gasteiger partial charge in [0.05, 0.1) is 16.6 Å². The van der Waals surface area contributed by atoms with Crippen LogP contribution in [0.25, 0.3) is 39.0 Å². The van der Waals surface area contributed by atoms with Crippen LogP contribution in [0.15, 0.2) is 77.4 Å². The van der Waals surface area contributed by atoms with Gasteiger partial charge in [-0.3, -0.25) is 4.57 Å². The average Bonchev–Trinajstić information content (AvgIpc) is 3.14. The Bertz CT molecular complexity index is 1340. The van der Waals surface area contributed by atoms with Crippen LogP contribution in [0.4, 0.5) is 0 Å². The van der Waals surface area contributed by atoms with Gasteiger partial charge < -0.3 is 0 Å². The molecule has 0 bridgehead atoms. The number of nitrogens with zero attached hydrogens (tertiary/aromatic N) is 3. The first kappa shape index (κ1) is 17.1. The number of aromatic nitrogens is 3. The Balaban J connectivity index is 1.88. The molecule has 2 heterocycles. The molecule has 3 aromatic carbocycles. The van der Waals surface area contributed by atoms with Crippen molar-refractivity contribution in [2.24, 2.45) is 0 Å². The SMILES string of the molecule is Cc1cc2nc(-c3ccccc3)c(-n3ccc4c(Br)cccc43)nc2cc1C. The molecule has 0 N–H and O–H groups in total. The van der Waals surface area contributed by atoms with Crippen molar-refractivity contribution in [3.8, 4) is 17.1 Å². The summed E-state index contributed by atoms with van der Waals surface area (Å²) in [7, 11) is 0. The van der Waals surface area contributed by atoms with Gasteiger partial charge in [0.25, 0.3) is 0 Å². The first-order chi connectivity index (χ1) is 13.6. The van der Waals surface area contributed by atoms with Gasteiger partial charge in [-0.2, -0.15) is 0 Å². The first-order valence-electron chi connectivity index (χ1n) is 9.22. The zero-order chi connectivity index (χ0) is 19.3. The van der Waals surface area contributed by atoms with E-state index in [4.69, 9.17) is 9.97 Å². The largest absolute Gasteiger partial charge is 0.299 e. The predicted octanol–water partition coefficient (Wildman–Crippen LogP) is 6.62. The number of rotatable bonds is 2. The summed E-state index contributed by atoms with van der Waals surface area (Å²) < 4.78 is 3.20. The van der Waals surface area contributed by atoms with Crippen LogP contribution in [0.2, 0.25) is 0 Å². The molecule has 0 saturated carbocycles. The van der Waals surface area contributed by atoms with Gasteiger partial charge in [-0.25, -0.2) is 9.97 Å². The molecule has 0 fully saturated rings. The second kappa shape index (κ2) is 6.57. The molecule has 0 atom stereocenters. The van der Waals surface area contributed by atoms with Crippen LogP contribution in [-0.4, -0.2) is 14.5 Å². The van der Waals surface area contributed by atoms with Crippen LogP contribution in [0.3, 0.4) is 0 Å². The van der Waals surface area contributed by atoms with Crippen molar-refractivity contribution in [1.29, 1.82) is 0 Å². The van der Waals surface area contributed by atoms with Gasteiger partial charge in [-0.05, 0) is 55.3 Å². The van der Waals surface area contributed by atoms with E-state index in [2.05, 4.69) is 83.0 Å². The Kier molecular flexibility index (Phi) is 4.02. The molecule has 0 aliphatic rings. The van der Waals surface area contributed by atoms with E-state index in [1.807, 2.05) is 24.3 Å². The van der Waals surface area contributed by atoms with E-state index in [0.717, 1.165) is 43.5 Å². The van der Waals surface area contributed by atoms with E-state index >= 15 is 0 Å². The van der Waals surface area contributed by atoms with Crippen molar-refractivity contribution >= 4 is 37.9 Å². The predicted molar refractivity (Wildman–Crippen MR) is 119 cm³/mol. The molecule has 0 aliphatic heterocycles. The van der Waals surface area contributed by atoms with Crippen molar-refractivity contribution < 1.29 is 0 Å². The number of halogens is 1. The molecule has 0 spiro atoms. The zero-order valence-corrected chi connectivity index (χ0v) is 17.2. The molecule has 2 aromatic heterocycles. The van der Waals surface area contributed by atoms with Gasteiger partial charge in [0.1, 0.15) is 5.69 Å². The molecular weight excluding hydrogens is 410 g/mol. The lowest BCUT2D eigenvalue weighted by molar-refractivity contribution is 1.04. The maximum absolute atomic E-state index is 5.06. The fraction of sp³-hybridized carbons (Fsp3) is 0.0833. The lowest BCUT2D eigenvalue weighted by atomic mass is 10.1. The minimum atomic E-state index is 0.843. The molecule has 0 unspecified atom stereocenters. The molecule has 28 heavy (non-hydrogen) atoms. The zero-order valence-electron chi connectivity index (χ0n) is 15.6. The van der Waals surface area contributed by atoms with E-state index in [0.29, 0.717) is 0 Å². The summed E-state index contributed by atoms with van der Waals surface area (Å²) >= 11 is 3.65. The second-order valence-corrected chi connectivity index (χ2v) is 7.90. The van der Waals surface area contributed by atoms with E-state index in [-0.39, 0.29) is 0 Å². The number of aryl methyl sites for hydroxylation is 2. The third-order valence-electron chi connectivity index (χ3n) is 5.22. The molecule has 136 valence electrons. The Morgan fingerprint density at radius 1 is 0.786 bits per heavy atom. The van der Waals surface area contributed by atoms with Crippen LogP contribution in [0.1, 0.15) is 11.1 Å². The summed E-state index contributed by atoms with van der Waals surface area (Å²) in [6, 6.07) is 22.8. The molecule has 0 aliphatic carbocycles. The highest BCUT2D eigenvalue weighted by atomic mass is 79.9. The molecule has 5 rings (SSSR count). The summed E-state index contributed by atoms with van der Waals surface area (Å²) in [5, 5.41) is 1.16. The van der Waals surface area contributed by atoms with Gasteiger partial charge >= 0.3 is 0 Å². The average molecular weight is 428 g/mol. The lowest BCUT2D eigenvalue weighted by Gasteiger charge is -2.13. The monoisotopic (exact) mass is 427 g/mol. The minimum Gasteiger partial charge on any atom is -0.299 e. The third-order valence-corrected chi connectivity index (χ3v) is 5.91. The van der Waals surface area contributed by atoms with Crippen LogP contribution < -0.4 is 0 Å². The maximum Gasteiger partial charge on any atom is 0.164 e. The lowest BCUT2D eigenvalue weighted by Crippen LogP contribution is -2.03. The first-order valence-corrected chi connectivity index (χ1v) is 10.0. The fourth-order valence-electron chi connectivity index (χ4n) is 3.57. The van der Waals surface area contributed by atoms with Gasteiger partial charge in [0, 0.05) is 21.6 Å². The van der Waals surface area contributed by atoms with Crippen LogP contribution in [0, 0.1) is 13.8 Å². The van der Waals surface area contributed by atoms with Crippen molar-refractivity contribution in [2.75, 3.05) is 0 Å². The fourth-order valence-corrected chi connectivity index (χ4v) is 4.06. The van der Waals surface area contributed by atoms with Crippen molar-refractivity contribution in [1.82, 2.24) is 14.5 Å². The highest BCUT2D eigenvalue weighted by Crippen LogP contribution is 2.32. The summed E-state index contributed by atoms with van der Waals surface area (Å²) in [6.07, 6.45) is 2.07. The Morgan fingerprint density at radius 3 is 2.25 bits per heavy atom. The van der Waals surface area contributed by atoms with Gasteiger partial charge in [-0.15, -0.1) is 0 Å². The maximum atomic E-state index is 5.06. The van der Waals surface area contributed by atoms with Crippen LogP contribution in [0.5, 0.6) is 0 Å². The summed E-state index contributed by atoms with van der Waals surface area (Å²) in [5.41, 5.74) is 7.32. The highest BCUT2D eigenvalue weighted by Gasteiger charge is 2.16. The third kappa shape index (κ3) is 2.72. The molecule has 0 saturated heterocycles. The molecule has 5 aromatic rings. The topological polar surface area (TPSA) is 30.7 Å². The second-order valence-electron chi connectivity index (χ2n) is 7.05. The van der Waals surface area contributed by atoms with Gasteiger partial charge in [0.2, 0.25) is 0 Å². The molecule has 4 heteroatoms. The smallest absolute Gasteiger partial charge is 0.164 e. The van der Waals surface area contributed by atoms with E-state index < -0.39 is 0 Å². The Labute approximate surface area is 171 Å². The van der Waals surface area contributed by atoms with E-state index in [1.54, 1.807) is 0 Å². The van der Waals surface area contributed by atoms with Crippen molar-refractivity contribution in [2.45, 2.75) is 13.8 Å². The summed E-state index contributed by atoms with van der Waals surface area (Å²) in [6.45, 7) is 4.23. The normalized spacial score (nSPS) is 11.4. The highest BCUT2D eigenvalue weighted by molar-refractivity contribution is 9.10. The minimum absolute atomic E-state index is 0.843. The van der Waals surface area contributed by atoms with E-state index in [1.165, 1.54) is 11.1 Å².